The lowest BCUT2D eigenvalue weighted by Gasteiger charge is -2.28. The summed E-state index contributed by atoms with van der Waals surface area (Å²) in [5.41, 5.74) is 7.94. The number of carbonyl (C=O) groups excluding carboxylic acids is 1. The average molecular weight is 263 g/mol. The van der Waals surface area contributed by atoms with Crippen LogP contribution in [0.25, 0.3) is 0 Å². The lowest BCUT2D eigenvalue weighted by atomic mass is 10.1. The second-order valence-electron chi connectivity index (χ2n) is 5.15. The molecule has 104 valence electrons. The summed E-state index contributed by atoms with van der Waals surface area (Å²) >= 11 is 0. The Morgan fingerprint density at radius 2 is 2.26 bits per heavy atom. The molecule has 1 aliphatic rings. The summed E-state index contributed by atoms with van der Waals surface area (Å²) in [6.07, 6.45) is 1.97. The zero-order valence-electron chi connectivity index (χ0n) is 11.5. The van der Waals surface area contributed by atoms with Gasteiger partial charge in [-0.05, 0) is 31.0 Å². The highest BCUT2D eigenvalue weighted by Gasteiger charge is 2.27. The van der Waals surface area contributed by atoms with Crippen LogP contribution in [0.5, 0.6) is 0 Å². The number of aliphatic hydroxyl groups excluding tert-OH is 1. The SMILES string of the molecule is CN(C)C(=O)c1ccc(N)cc1N1CCCC1CO. The van der Waals surface area contributed by atoms with E-state index in [2.05, 4.69) is 4.90 Å². The van der Waals surface area contributed by atoms with Crippen molar-refractivity contribution in [2.45, 2.75) is 18.9 Å². The van der Waals surface area contributed by atoms with Crippen LogP contribution in [0.15, 0.2) is 18.2 Å². The number of hydrogen-bond acceptors (Lipinski definition) is 4. The van der Waals surface area contributed by atoms with Gasteiger partial charge < -0.3 is 20.6 Å². The van der Waals surface area contributed by atoms with Crippen LogP contribution in [0.2, 0.25) is 0 Å². The van der Waals surface area contributed by atoms with Gasteiger partial charge in [-0.1, -0.05) is 0 Å². The van der Waals surface area contributed by atoms with E-state index in [1.807, 2.05) is 6.07 Å². The highest BCUT2D eigenvalue weighted by atomic mass is 16.3. The second kappa shape index (κ2) is 5.48. The molecular weight excluding hydrogens is 242 g/mol. The lowest BCUT2D eigenvalue weighted by Crippen LogP contribution is -2.34. The van der Waals surface area contributed by atoms with Crippen LogP contribution in [-0.2, 0) is 0 Å². The summed E-state index contributed by atoms with van der Waals surface area (Å²) in [5, 5.41) is 9.44. The van der Waals surface area contributed by atoms with Gasteiger partial charge in [0, 0.05) is 26.3 Å². The van der Waals surface area contributed by atoms with Crippen molar-refractivity contribution in [2.75, 3.05) is 37.9 Å². The summed E-state index contributed by atoms with van der Waals surface area (Å²) in [4.78, 5) is 15.9. The molecule has 0 aromatic heterocycles. The van der Waals surface area contributed by atoms with Gasteiger partial charge in [0.25, 0.3) is 5.91 Å². The minimum atomic E-state index is -0.0430. The van der Waals surface area contributed by atoms with Gasteiger partial charge in [0.15, 0.2) is 0 Å². The summed E-state index contributed by atoms with van der Waals surface area (Å²) in [6, 6.07) is 5.41. The number of carbonyl (C=O) groups is 1. The second-order valence-corrected chi connectivity index (χ2v) is 5.15. The van der Waals surface area contributed by atoms with Crippen molar-refractivity contribution in [3.63, 3.8) is 0 Å². The predicted octanol–water partition coefficient (Wildman–Crippen LogP) is 0.932. The largest absolute Gasteiger partial charge is 0.399 e. The smallest absolute Gasteiger partial charge is 0.255 e. The number of hydrogen-bond donors (Lipinski definition) is 2. The number of nitrogen functional groups attached to an aromatic ring is 1. The fraction of sp³-hybridized carbons (Fsp3) is 0.500. The first kappa shape index (κ1) is 13.7. The molecule has 1 aromatic rings. The third kappa shape index (κ3) is 2.66. The highest BCUT2D eigenvalue weighted by Crippen LogP contribution is 2.30. The third-order valence-electron chi connectivity index (χ3n) is 3.56. The first-order valence-corrected chi connectivity index (χ1v) is 6.53. The quantitative estimate of drug-likeness (QED) is 0.796. The van der Waals surface area contributed by atoms with Crippen LogP contribution in [0.4, 0.5) is 11.4 Å². The Morgan fingerprint density at radius 3 is 2.89 bits per heavy atom. The molecule has 0 spiro atoms. The Bertz CT molecular complexity index is 474. The Hall–Kier alpha value is -1.75. The maximum Gasteiger partial charge on any atom is 0.255 e. The molecule has 2 rings (SSSR count). The normalized spacial score (nSPS) is 18.7. The molecule has 1 saturated heterocycles. The number of nitrogens with two attached hydrogens (primary N) is 1. The highest BCUT2D eigenvalue weighted by molar-refractivity contribution is 6.00. The molecule has 1 aliphatic heterocycles. The molecule has 1 unspecified atom stereocenters. The van der Waals surface area contributed by atoms with Crippen molar-refractivity contribution < 1.29 is 9.90 Å². The number of rotatable bonds is 3. The van der Waals surface area contributed by atoms with E-state index in [4.69, 9.17) is 5.73 Å². The molecule has 1 aromatic carbocycles. The summed E-state index contributed by atoms with van der Waals surface area (Å²) < 4.78 is 0. The van der Waals surface area contributed by atoms with E-state index in [9.17, 15) is 9.90 Å². The van der Waals surface area contributed by atoms with Crippen molar-refractivity contribution in [1.29, 1.82) is 0 Å². The molecule has 1 amide bonds. The van der Waals surface area contributed by atoms with Crippen LogP contribution in [-0.4, -0.2) is 49.2 Å². The summed E-state index contributed by atoms with van der Waals surface area (Å²) in [5.74, 6) is -0.0430. The van der Waals surface area contributed by atoms with Crippen LogP contribution in [0.3, 0.4) is 0 Å². The standard InChI is InChI=1S/C14H21N3O2/c1-16(2)14(19)12-6-5-10(15)8-13(12)17-7-3-4-11(17)9-18/h5-6,8,11,18H,3-4,7,9,15H2,1-2H3. The molecule has 5 heteroatoms. The van der Waals surface area contributed by atoms with Gasteiger partial charge in [-0.2, -0.15) is 0 Å². The zero-order chi connectivity index (χ0) is 14.0. The minimum absolute atomic E-state index is 0.0430. The van der Waals surface area contributed by atoms with Crippen molar-refractivity contribution >= 4 is 17.3 Å². The molecule has 0 bridgehead atoms. The molecule has 3 N–H and O–H groups in total. The molecule has 19 heavy (non-hydrogen) atoms. The Morgan fingerprint density at radius 1 is 1.53 bits per heavy atom. The maximum absolute atomic E-state index is 12.2. The molecule has 5 nitrogen and oxygen atoms in total. The first-order chi connectivity index (χ1) is 9.04. The topological polar surface area (TPSA) is 69.8 Å². The Kier molecular flexibility index (Phi) is 3.95. The molecule has 1 atom stereocenters. The zero-order valence-corrected chi connectivity index (χ0v) is 11.5. The molecule has 0 radical (unpaired) electrons. The summed E-state index contributed by atoms with van der Waals surface area (Å²) in [6.45, 7) is 0.951. The fourth-order valence-electron chi connectivity index (χ4n) is 2.55. The van der Waals surface area contributed by atoms with Crippen LogP contribution in [0.1, 0.15) is 23.2 Å². The molecule has 1 fully saturated rings. The number of amides is 1. The Balaban J connectivity index is 2.42. The Labute approximate surface area is 113 Å². The number of aliphatic hydroxyl groups is 1. The van der Waals surface area contributed by atoms with Crippen molar-refractivity contribution in [1.82, 2.24) is 4.90 Å². The van der Waals surface area contributed by atoms with Crippen molar-refractivity contribution in [3.05, 3.63) is 23.8 Å². The van der Waals surface area contributed by atoms with Gasteiger partial charge in [-0.25, -0.2) is 0 Å². The fourth-order valence-corrected chi connectivity index (χ4v) is 2.55. The monoisotopic (exact) mass is 263 g/mol. The van der Waals surface area contributed by atoms with Crippen LogP contribution >= 0.6 is 0 Å². The van der Waals surface area contributed by atoms with Crippen LogP contribution in [0, 0.1) is 0 Å². The van der Waals surface area contributed by atoms with Gasteiger partial charge in [0.2, 0.25) is 0 Å². The summed E-state index contributed by atoms with van der Waals surface area (Å²) in [7, 11) is 3.46. The van der Waals surface area contributed by atoms with Gasteiger partial charge in [-0.15, -0.1) is 0 Å². The van der Waals surface area contributed by atoms with Gasteiger partial charge in [-0.3, -0.25) is 4.79 Å². The van der Waals surface area contributed by atoms with Gasteiger partial charge in [0.1, 0.15) is 0 Å². The molecule has 0 aliphatic carbocycles. The first-order valence-electron chi connectivity index (χ1n) is 6.53. The number of benzene rings is 1. The lowest BCUT2D eigenvalue weighted by molar-refractivity contribution is 0.0828. The number of anilines is 2. The minimum Gasteiger partial charge on any atom is -0.399 e. The van der Waals surface area contributed by atoms with E-state index in [0.717, 1.165) is 25.1 Å². The third-order valence-corrected chi connectivity index (χ3v) is 3.56. The average Bonchev–Trinajstić information content (AvgIpc) is 2.85. The molecule has 1 heterocycles. The van der Waals surface area contributed by atoms with Crippen molar-refractivity contribution in [2.24, 2.45) is 0 Å². The van der Waals surface area contributed by atoms with Crippen LogP contribution < -0.4 is 10.6 Å². The van der Waals surface area contributed by atoms with E-state index in [-0.39, 0.29) is 18.6 Å². The van der Waals surface area contributed by atoms with E-state index in [1.165, 1.54) is 0 Å². The molecule has 0 saturated carbocycles. The number of nitrogens with zero attached hydrogens (tertiary/aromatic N) is 2. The van der Waals surface area contributed by atoms with Crippen molar-refractivity contribution in [3.8, 4) is 0 Å². The van der Waals surface area contributed by atoms with Gasteiger partial charge in [0.05, 0.1) is 23.9 Å². The molecular formula is C14H21N3O2. The van der Waals surface area contributed by atoms with E-state index in [1.54, 1.807) is 31.1 Å². The van der Waals surface area contributed by atoms with E-state index < -0.39 is 0 Å². The van der Waals surface area contributed by atoms with E-state index in [0.29, 0.717) is 11.3 Å². The maximum atomic E-state index is 12.2. The van der Waals surface area contributed by atoms with E-state index >= 15 is 0 Å². The predicted molar refractivity (Wildman–Crippen MR) is 76.3 cm³/mol. The van der Waals surface area contributed by atoms with Gasteiger partial charge >= 0.3 is 0 Å².